The molecule has 0 aromatic carbocycles. The molecule has 0 spiro atoms. The van der Waals surface area contributed by atoms with Crippen LogP contribution in [0.25, 0.3) is 0 Å². The van der Waals surface area contributed by atoms with Crippen molar-refractivity contribution in [3.8, 4) is 0 Å². The van der Waals surface area contributed by atoms with E-state index in [2.05, 4.69) is 22.6 Å². The Labute approximate surface area is 78.6 Å². The molecule has 4 nitrogen and oxygen atoms in total. The van der Waals surface area contributed by atoms with Crippen LogP contribution in [0.5, 0.6) is 0 Å². The Hall–Kier alpha value is -0.320. The zero-order valence-corrected chi connectivity index (χ0v) is 8.09. The summed E-state index contributed by atoms with van der Waals surface area (Å²) >= 11 is 0. The molecule has 0 unspecified atom stereocenters. The fourth-order valence-corrected chi connectivity index (χ4v) is 0.246. The number of carbonyl (C=O) groups is 1. The predicted octanol–water partition coefficient (Wildman–Crippen LogP) is 1.15. The molecule has 0 bridgehead atoms. The third-order valence-electron chi connectivity index (χ3n) is 0.611. The first-order valence-electron chi connectivity index (χ1n) is 2.69. The zero-order chi connectivity index (χ0) is 7.28. The zero-order valence-electron chi connectivity index (χ0n) is 6.46. The smallest absolute Gasteiger partial charge is 0.271 e. The van der Waals surface area contributed by atoms with Gasteiger partial charge in [0.15, 0.2) is 0 Å². The quantitative estimate of drug-likeness (QED) is 0.521. The minimum absolute atomic E-state index is 0. The second kappa shape index (κ2) is 9.68. The van der Waals surface area contributed by atoms with Crippen LogP contribution < -0.4 is 10.9 Å². The van der Waals surface area contributed by atoms with Gasteiger partial charge >= 0.3 is 6.03 Å². The van der Waals surface area contributed by atoms with E-state index in [4.69, 9.17) is 0 Å². The van der Waals surface area contributed by atoms with E-state index in [0.29, 0.717) is 0 Å². The van der Waals surface area contributed by atoms with E-state index in [-0.39, 0.29) is 30.9 Å². The molecule has 0 heterocycles. The summed E-state index contributed by atoms with van der Waals surface area (Å²) < 4.78 is 0. The van der Waals surface area contributed by atoms with Crippen molar-refractivity contribution < 1.29 is 4.79 Å². The summed E-state index contributed by atoms with van der Waals surface area (Å²) in [6.45, 7) is 6.85. The third-order valence-corrected chi connectivity index (χ3v) is 0.611. The van der Waals surface area contributed by atoms with Gasteiger partial charge in [-0.25, -0.2) is 15.2 Å². The molecule has 0 aromatic heterocycles. The van der Waals surface area contributed by atoms with Crippen molar-refractivity contribution in [3.63, 3.8) is 0 Å². The van der Waals surface area contributed by atoms with E-state index >= 15 is 0 Å². The van der Waals surface area contributed by atoms with Crippen LogP contribution in [-0.4, -0.2) is 18.8 Å². The van der Waals surface area contributed by atoms with Crippen molar-refractivity contribution in [1.82, 2.24) is 10.9 Å². The number of hydrogen-bond acceptors (Lipinski definition) is 2. The van der Waals surface area contributed by atoms with Crippen molar-refractivity contribution in [3.05, 3.63) is 0 Å². The minimum Gasteiger partial charge on any atom is -0.271 e. The van der Waals surface area contributed by atoms with Gasteiger partial charge in [-0.3, -0.25) is 5.43 Å². The van der Waals surface area contributed by atoms with E-state index in [1.54, 1.807) is 0 Å². The number of nitrogens with zero attached hydrogens (tertiary/aromatic N) is 1. The molecule has 0 atom stereocenters. The first-order valence-corrected chi connectivity index (χ1v) is 2.69. The van der Waals surface area contributed by atoms with Crippen molar-refractivity contribution in [1.29, 1.82) is 0 Å². The lowest BCUT2D eigenvalue weighted by Crippen LogP contribution is -2.39. The van der Waals surface area contributed by atoms with Gasteiger partial charge in [0.25, 0.3) is 0 Å². The SMILES string of the molecule is C=NC(=O)NNC(C)C.Cl.Cl. The molecule has 2 N–H and O–H groups in total. The van der Waals surface area contributed by atoms with Crippen LogP contribution in [0.15, 0.2) is 4.99 Å². The maximum atomic E-state index is 10.3. The van der Waals surface area contributed by atoms with Gasteiger partial charge in [-0.2, -0.15) is 0 Å². The number of urea groups is 1. The van der Waals surface area contributed by atoms with Crippen LogP contribution in [0.4, 0.5) is 4.79 Å². The Morgan fingerprint density at radius 3 is 2.18 bits per heavy atom. The Morgan fingerprint density at radius 1 is 1.45 bits per heavy atom. The number of aliphatic imine (C=N–C) groups is 1. The second-order valence-electron chi connectivity index (χ2n) is 1.89. The lowest BCUT2D eigenvalue weighted by atomic mass is 10.4. The molecule has 2 amide bonds. The number of nitrogens with one attached hydrogen (secondary N) is 2. The molecule has 0 aliphatic rings. The normalized spacial score (nSPS) is 7.55. The summed E-state index contributed by atoms with van der Waals surface area (Å²) in [4.78, 5) is 13.4. The first-order chi connectivity index (χ1) is 4.16. The molecule has 6 heteroatoms. The molecule has 0 radical (unpaired) electrons. The summed E-state index contributed by atoms with van der Waals surface area (Å²) in [7, 11) is 0. The first kappa shape index (κ1) is 17.0. The average molecular weight is 202 g/mol. The van der Waals surface area contributed by atoms with Crippen LogP contribution in [0.2, 0.25) is 0 Å². The van der Waals surface area contributed by atoms with Gasteiger partial charge in [0, 0.05) is 6.04 Å². The number of carbonyl (C=O) groups excluding carboxylic acids is 1. The third kappa shape index (κ3) is 12.8. The van der Waals surface area contributed by atoms with Crippen LogP contribution >= 0.6 is 24.8 Å². The van der Waals surface area contributed by atoms with E-state index in [9.17, 15) is 4.79 Å². The fraction of sp³-hybridized carbons (Fsp3) is 0.600. The molecule has 11 heavy (non-hydrogen) atoms. The van der Waals surface area contributed by atoms with Crippen LogP contribution in [-0.2, 0) is 0 Å². The minimum atomic E-state index is -0.455. The van der Waals surface area contributed by atoms with Gasteiger partial charge in [0.2, 0.25) is 0 Å². The summed E-state index contributed by atoms with van der Waals surface area (Å²) in [5.41, 5.74) is 4.98. The Kier molecular flexibility index (Phi) is 14.9. The van der Waals surface area contributed by atoms with Gasteiger partial charge in [0.1, 0.15) is 0 Å². The maximum Gasteiger partial charge on any atom is 0.354 e. The van der Waals surface area contributed by atoms with E-state index in [1.807, 2.05) is 13.8 Å². The number of rotatable bonds is 2. The average Bonchev–Trinajstić information content (AvgIpc) is 1.83. The lowest BCUT2D eigenvalue weighted by Gasteiger charge is -2.05. The number of amides is 2. The molecular formula is C5H13Cl2N3O. The Bertz CT molecular complexity index is 118. The predicted molar refractivity (Wildman–Crippen MR) is 50.8 cm³/mol. The maximum absolute atomic E-state index is 10.3. The van der Waals surface area contributed by atoms with E-state index in [0.717, 1.165) is 0 Å². The van der Waals surface area contributed by atoms with E-state index in [1.165, 1.54) is 0 Å². The Balaban J connectivity index is -0.000000320. The fourth-order valence-electron chi connectivity index (χ4n) is 0.246. The number of hydrogen-bond donors (Lipinski definition) is 2. The molecule has 0 fully saturated rings. The largest absolute Gasteiger partial charge is 0.354 e. The molecule has 0 rings (SSSR count). The highest BCUT2D eigenvalue weighted by Crippen LogP contribution is 1.72. The highest BCUT2D eigenvalue weighted by atomic mass is 35.5. The standard InChI is InChI=1S/C5H11N3O.2ClH/c1-4(2)7-8-5(9)6-3;;/h4,7H,3H2,1-2H3,(H,8,9);2*1H. The van der Waals surface area contributed by atoms with Crippen molar-refractivity contribution in [2.75, 3.05) is 0 Å². The summed E-state index contributed by atoms with van der Waals surface area (Å²) in [6, 6.07) is -0.237. The summed E-state index contributed by atoms with van der Waals surface area (Å²) in [5, 5.41) is 0. The number of halogens is 2. The molecule has 0 aromatic rings. The van der Waals surface area contributed by atoms with E-state index < -0.39 is 6.03 Å². The van der Waals surface area contributed by atoms with Crippen molar-refractivity contribution in [2.24, 2.45) is 4.99 Å². The molecular weight excluding hydrogens is 189 g/mol. The monoisotopic (exact) mass is 201 g/mol. The van der Waals surface area contributed by atoms with Crippen LogP contribution in [0, 0.1) is 0 Å². The number of hydrazine groups is 1. The van der Waals surface area contributed by atoms with Crippen LogP contribution in [0.3, 0.4) is 0 Å². The lowest BCUT2D eigenvalue weighted by molar-refractivity contribution is 0.243. The topological polar surface area (TPSA) is 53.5 Å². The van der Waals surface area contributed by atoms with Gasteiger partial charge in [-0.1, -0.05) is 0 Å². The highest BCUT2D eigenvalue weighted by Gasteiger charge is 1.93. The molecule has 0 aliphatic heterocycles. The molecule has 0 aliphatic carbocycles. The van der Waals surface area contributed by atoms with Gasteiger partial charge in [-0.15, -0.1) is 24.8 Å². The summed E-state index contributed by atoms with van der Waals surface area (Å²) in [5.74, 6) is 0. The van der Waals surface area contributed by atoms with Gasteiger partial charge in [-0.05, 0) is 20.6 Å². The van der Waals surface area contributed by atoms with Gasteiger partial charge < -0.3 is 0 Å². The van der Waals surface area contributed by atoms with Crippen LogP contribution in [0.1, 0.15) is 13.8 Å². The Morgan fingerprint density at radius 2 is 1.91 bits per heavy atom. The van der Waals surface area contributed by atoms with Gasteiger partial charge in [0.05, 0.1) is 0 Å². The van der Waals surface area contributed by atoms with Crippen molar-refractivity contribution in [2.45, 2.75) is 19.9 Å². The molecule has 0 saturated heterocycles. The molecule has 68 valence electrons. The second-order valence-corrected chi connectivity index (χ2v) is 1.89. The molecule has 0 saturated carbocycles. The highest BCUT2D eigenvalue weighted by molar-refractivity contribution is 5.85. The van der Waals surface area contributed by atoms with Crippen molar-refractivity contribution >= 4 is 37.6 Å². The summed E-state index contributed by atoms with van der Waals surface area (Å²) in [6.07, 6.45) is 0.